The Hall–Kier alpha value is -3.65. The van der Waals surface area contributed by atoms with Gasteiger partial charge in [-0.1, -0.05) is 12.1 Å². The van der Waals surface area contributed by atoms with Crippen molar-refractivity contribution >= 4 is 39.7 Å². The summed E-state index contributed by atoms with van der Waals surface area (Å²) in [5.41, 5.74) is 2.11. The molecule has 2 aliphatic rings. The number of ether oxygens (including phenoxy) is 2. The van der Waals surface area contributed by atoms with Crippen LogP contribution in [0.4, 0.5) is 11.5 Å². The average molecular weight is 473 g/mol. The predicted molar refractivity (Wildman–Crippen MR) is 133 cm³/mol. The topological polar surface area (TPSA) is 103 Å². The second kappa shape index (κ2) is 9.92. The Morgan fingerprint density at radius 2 is 1.94 bits per heavy atom. The Labute approximate surface area is 203 Å². The van der Waals surface area contributed by atoms with Gasteiger partial charge in [-0.15, -0.1) is 0 Å². The van der Waals surface area contributed by atoms with Gasteiger partial charge in [0.25, 0.3) is 0 Å². The molecule has 1 aromatic carbocycles. The number of hydrogen-bond acceptors (Lipinski definition) is 8. The lowest BCUT2D eigenvalue weighted by Gasteiger charge is -2.44. The van der Waals surface area contributed by atoms with E-state index in [0.717, 1.165) is 33.6 Å². The molecule has 1 unspecified atom stereocenters. The minimum atomic E-state index is -0.678. The van der Waals surface area contributed by atoms with Gasteiger partial charge in [0.1, 0.15) is 11.6 Å². The third-order valence-electron chi connectivity index (χ3n) is 6.84. The SMILES string of the molecule is CCOC(=O)C(Cc1ccc(Nc2nccc3ccncc23)cc1)N=C1CC(=O)C12CCOCC2. The molecule has 0 radical (unpaired) electrons. The van der Waals surface area contributed by atoms with Crippen LogP contribution in [-0.4, -0.2) is 53.3 Å². The average Bonchev–Trinajstić information content (AvgIpc) is 2.90. The monoisotopic (exact) mass is 472 g/mol. The van der Waals surface area contributed by atoms with Crippen LogP contribution in [0, 0.1) is 5.41 Å². The fourth-order valence-electron chi connectivity index (χ4n) is 4.80. The second-order valence-corrected chi connectivity index (χ2v) is 8.92. The van der Waals surface area contributed by atoms with Crippen molar-refractivity contribution in [2.45, 2.75) is 38.6 Å². The lowest BCUT2D eigenvalue weighted by Crippen LogP contribution is -2.54. The number of benzene rings is 1. The van der Waals surface area contributed by atoms with Crippen LogP contribution in [0.3, 0.4) is 0 Å². The summed E-state index contributed by atoms with van der Waals surface area (Å²) in [6.45, 7) is 3.16. The molecule has 3 aromatic rings. The summed E-state index contributed by atoms with van der Waals surface area (Å²) in [5, 5.41) is 5.34. The van der Waals surface area contributed by atoms with Gasteiger partial charge in [0.15, 0.2) is 6.04 Å². The van der Waals surface area contributed by atoms with Gasteiger partial charge < -0.3 is 14.8 Å². The molecular formula is C27H28N4O4. The first-order chi connectivity index (χ1) is 17.1. The van der Waals surface area contributed by atoms with E-state index >= 15 is 0 Å². The van der Waals surface area contributed by atoms with Crippen molar-refractivity contribution in [1.29, 1.82) is 0 Å². The van der Waals surface area contributed by atoms with Crippen LogP contribution >= 0.6 is 0 Å². The zero-order valence-electron chi connectivity index (χ0n) is 19.7. The van der Waals surface area contributed by atoms with Crippen molar-refractivity contribution in [2.75, 3.05) is 25.1 Å². The fraction of sp³-hybridized carbons (Fsp3) is 0.370. The van der Waals surface area contributed by atoms with Crippen molar-refractivity contribution in [2.24, 2.45) is 10.4 Å². The summed E-state index contributed by atoms with van der Waals surface area (Å²) in [7, 11) is 0. The molecule has 35 heavy (non-hydrogen) atoms. The molecule has 1 aliphatic heterocycles. The summed E-state index contributed by atoms with van der Waals surface area (Å²) < 4.78 is 10.8. The van der Waals surface area contributed by atoms with Gasteiger partial charge in [0, 0.05) is 61.4 Å². The normalized spacial score (nSPS) is 18.9. The molecule has 1 aliphatic carbocycles. The molecule has 1 saturated carbocycles. The highest BCUT2D eigenvalue weighted by atomic mass is 16.5. The molecule has 2 fully saturated rings. The summed E-state index contributed by atoms with van der Waals surface area (Å²) in [6.07, 6.45) is 7.30. The number of fused-ring (bicyclic) bond motifs is 1. The zero-order chi connectivity index (χ0) is 24.3. The van der Waals surface area contributed by atoms with E-state index in [1.807, 2.05) is 36.4 Å². The van der Waals surface area contributed by atoms with E-state index in [4.69, 9.17) is 14.5 Å². The maximum atomic E-state index is 12.7. The van der Waals surface area contributed by atoms with Crippen molar-refractivity contribution in [3.05, 3.63) is 60.6 Å². The minimum Gasteiger partial charge on any atom is -0.464 e. The predicted octanol–water partition coefficient (Wildman–Crippen LogP) is 4.06. The quantitative estimate of drug-likeness (QED) is 0.517. The third kappa shape index (κ3) is 4.66. The van der Waals surface area contributed by atoms with Gasteiger partial charge in [0.05, 0.1) is 12.0 Å². The van der Waals surface area contributed by atoms with E-state index in [-0.39, 0.29) is 18.4 Å². The van der Waals surface area contributed by atoms with Gasteiger partial charge in [-0.25, -0.2) is 9.78 Å². The number of pyridine rings is 2. The highest BCUT2D eigenvalue weighted by Gasteiger charge is 2.52. The summed E-state index contributed by atoms with van der Waals surface area (Å²) in [4.78, 5) is 38.6. The van der Waals surface area contributed by atoms with Crippen LogP contribution in [0.5, 0.6) is 0 Å². The smallest absolute Gasteiger partial charge is 0.331 e. The molecule has 8 heteroatoms. The molecule has 3 heterocycles. The molecule has 180 valence electrons. The number of nitrogens with zero attached hydrogens (tertiary/aromatic N) is 3. The van der Waals surface area contributed by atoms with Crippen LogP contribution in [0.2, 0.25) is 0 Å². The van der Waals surface area contributed by atoms with Crippen LogP contribution in [0.25, 0.3) is 10.8 Å². The first kappa shape index (κ1) is 23.1. The number of nitrogens with one attached hydrogen (secondary N) is 1. The highest BCUT2D eigenvalue weighted by Crippen LogP contribution is 2.43. The van der Waals surface area contributed by atoms with E-state index < -0.39 is 11.5 Å². The van der Waals surface area contributed by atoms with Crippen molar-refractivity contribution in [3.63, 3.8) is 0 Å². The van der Waals surface area contributed by atoms with Crippen molar-refractivity contribution in [1.82, 2.24) is 9.97 Å². The Balaban J connectivity index is 1.33. The van der Waals surface area contributed by atoms with Crippen LogP contribution in [0.15, 0.2) is 60.0 Å². The van der Waals surface area contributed by atoms with E-state index in [2.05, 4.69) is 15.3 Å². The van der Waals surface area contributed by atoms with E-state index in [1.54, 1.807) is 25.5 Å². The van der Waals surface area contributed by atoms with Gasteiger partial charge >= 0.3 is 5.97 Å². The molecule has 1 saturated heterocycles. The first-order valence-electron chi connectivity index (χ1n) is 12.0. The first-order valence-corrected chi connectivity index (χ1v) is 12.0. The number of carbonyl (C=O) groups excluding carboxylic acids is 2. The van der Waals surface area contributed by atoms with Gasteiger partial charge in [0.2, 0.25) is 0 Å². The molecular weight excluding hydrogens is 444 g/mol. The number of esters is 1. The van der Waals surface area contributed by atoms with Crippen LogP contribution in [-0.2, 0) is 25.5 Å². The number of rotatable bonds is 7. The highest BCUT2D eigenvalue weighted by molar-refractivity contribution is 6.27. The molecule has 2 aromatic heterocycles. The Bertz CT molecular complexity index is 1260. The number of anilines is 2. The van der Waals surface area contributed by atoms with E-state index in [9.17, 15) is 9.59 Å². The number of aliphatic imine (C=N–C) groups is 1. The van der Waals surface area contributed by atoms with Crippen LogP contribution in [0.1, 0.15) is 31.7 Å². The number of carbonyl (C=O) groups is 2. The zero-order valence-corrected chi connectivity index (χ0v) is 19.7. The molecule has 8 nitrogen and oxygen atoms in total. The Kier molecular flexibility index (Phi) is 6.55. The van der Waals surface area contributed by atoms with Crippen molar-refractivity contribution in [3.8, 4) is 0 Å². The van der Waals surface area contributed by atoms with Crippen molar-refractivity contribution < 1.29 is 19.1 Å². The molecule has 0 amide bonds. The molecule has 0 bridgehead atoms. The molecule has 5 rings (SSSR count). The molecule has 1 spiro atoms. The number of hydrogen-bond donors (Lipinski definition) is 1. The number of aromatic nitrogens is 2. The largest absolute Gasteiger partial charge is 0.464 e. The van der Waals surface area contributed by atoms with Crippen LogP contribution < -0.4 is 5.32 Å². The van der Waals surface area contributed by atoms with Gasteiger partial charge in [-0.05, 0) is 55.0 Å². The lowest BCUT2D eigenvalue weighted by molar-refractivity contribution is -0.144. The van der Waals surface area contributed by atoms with E-state index in [1.165, 1.54) is 0 Å². The Morgan fingerprint density at radius 3 is 2.69 bits per heavy atom. The van der Waals surface area contributed by atoms with Gasteiger partial charge in [-0.2, -0.15) is 0 Å². The Morgan fingerprint density at radius 1 is 1.17 bits per heavy atom. The lowest BCUT2D eigenvalue weighted by atomic mass is 9.61. The summed E-state index contributed by atoms with van der Waals surface area (Å²) in [6, 6.07) is 11.1. The summed E-state index contributed by atoms with van der Waals surface area (Å²) in [5.74, 6) is 0.571. The number of ketones is 1. The van der Waals surface area contributed by atoms with Gasteiger partial charge in [-0.3, -0.25) is 14.8 Å². The minimum absolute atomic E-state index is 0.204. The van der Waals surface area contributed by atoms with E-state index in [0.29, 0.717) is 38.9 Å². The maximum Gasteiger partial charge on any atom is 0.331 e. The maximum absolute atomic E-state index is 12.7. The standard InChI is InChI=1S/C27H28N4O4/c1-2-35-26(33)22(31-23-16-24(32)27(23)9-13-34-14-10-27)15-18-3-5-20(6-4-18)30-25-21-17-28-11-7-19(21)8-12-29-25/h3-8,11-12,17,22H,2,9-10,13-16H2,1H3,(H,29,30). The number of Topliss-reactive ketones (excluding diaryl/α,β-unsaturated/α-hetero) is 1. The summed E-state index contributed by atoms with van der Waals surface area (Å²) >= 11 is 0. The molecule has 1 N–H and O–H groups in total. The fourth-order valence-corrected chi connectivity index (χ4v) is 4.80. The molecule has 1 atom stereocenters. The second-order valence-electron chi connectivity index (χ2n) is 8.92. The third-order valence-corrected chi connectivity index (χ3v) is 6.84.